The van der Waals surface area contributed by atoms with Gasteiger partial charge in [-0.25, -0.2) is 9.78 Å². The fourth-order valence-electron chi connectivity index (χ4n) is 1.66. The number of carbonyl (C=O) groups is 1. The molecule has 1 heterocycles. The molecule has 19 heavy (non-hydrogen) atoms. The molecule has 2 amide bonds. The standard InChI is InChI=1S/C14H15N3OS/c1-4-9-15-14(18)17(3)10(2)13-16-11-7-5-6-8-12(11)19-13/h1,5-8,10H,9H2,2-3H3,(H,15,18). The van der Waals surface area contributed by atoms with E-state index in [4.69, 9.17) is 6.42 Å². The third-order valence-corrected chi connectivity index (χ3v) is 4.12. The van der Waals surface area contributed by atoms with Crippen molar-refractivity contribution in [2.45, 2.75) is 13.0 Å². The number of benzene rings is 1. The number of rotatable bonds is 3. The minimum absolute atomic E-state index is 0.0878. The summed E-state index contributed by atoms with van der Waals surface area (Å²) in [5.41, 5.74) is 0.965. The number of para-hydroxylation sites is 1. The lowest BCUT2D eigenvalue weighted by atomic mass is 10.3. The van der Waals surface area contributed by atoms with Crippen molar-refractivity contribution in [2.24, 2.45) is 0 Å². The van der Waals surface area contributed by atoms with Crippen LogP contribution in [0, 0.1) is 12.3 Å². The first-order valence-electron chi connectivity index (χ1n) is 5.93. The molecule has 98 valence electrons. The van der Waals surface area contributed by atoms with Gasteiger partial charge in [-0.05, 0) is 19.1 Å². The molecular weight excluding hydrogens is 258 g/mol. The molecule has 0 radical (unpaired) electrons. The Morgan fingerprint density at radius 3 is 3.00 bits per heavy atom. The molecule has 5 heteroatoms. The van der Waals surface area contributed by atoms with Crippen LogP contribution in [0.2, 0.25) is 0 Å². The van der Waals surface area contributed by atoms with Gasteiger partial charge in [0, 0.05) is 7.05 Å². The van der Waals surface area contributed by atoms with Crippen LogP contribution in [0.25, 0.3) is 10.2 Å². The first-order chi connectivity index (χ1) is 9.13. The molecule has 0 aliphatic rings. The summed E-state index contributed by atoms with van der Waals surface area (Å²) < 4.78 is 1.13. The minimum atomic E-state index is -0.190. The molecule has 4 nitrogen and oxygen atoms in total. The zero-order valence-corrected chi connectivity index (χ0v) is 11.7. The Morgan fingerprint density at radius 1 is 1.58 bits per heavy atom. The number of terminal acetylenes is 1. The van der Waals surface area contributed by atoms with Crippen LogP contribution in [-0.4, -0.2) is 29.5 Å². The molecule has 0 fully saturated rings. The quantitative estimate of drug-likeness (QED) is 0.874. The monoisotopic (exact) mass is 273 g/mol. The molecule has 1 aromatic carbocycles. The number of amides is 2. The second kappa shape index (κ2) is 5.72. The number of hydrogen-bond acceptors (Lipinski definition) is 3. The van der Waals surface area contributed by atoms with E-state index in [1.807, 2.05) is 31.2 Å². The third-order valence-electron chi connectivity index (χ3n) is 2.91. The van der Waals surface area contributed by atoms with E-state index in [0.29, 0.717) is 0 Å². The Kier molecular flexibility index (Phi) is 4.03. The summed E-state index contributed by atoms with van der Waals surface area (Å²) in [5.74, 6) is 2.38. The van der Waals surface area contributed by atoms with Crippen LogP contribution in [0.3, 0.4) is 0 Å². The van der Waals surface area contributed by atoms with Crippen molar-refractivity contribution >= 4 is 27.6 Å². The average Bonchev–Trinajstić information content (AvgIpc) is 2.86. The average molecular weight is 273 g/mol. The summed E-state index contributed by atoms with van der Waals surface area (Å²) in [6.07, 6.45) is 5.12. The summed E-state index contributed by atoms with van der Waals surface area (Å²) in [6, 6.07) is 7.67. The molecule has 1 aromatic heterocycles. The Balaban J connectivity index is 2.16. The van der Waals surface area contributed by atoms with Crippen LogP contribution in [0.1, 0.15) is 18.0 Å². The van der Waals surface area contributed by atoms with Gasteiger partial charge in [-0.15, -0.1) is 17.8 Å². The number of nitrogens with one attached hydrogen (secondary N) is 1. The van der Waals surface area contributed by atoms with Gasteiger partial charge in [-0.2, -0.15) is 0 Å². The van der Waals surface area contributed by atoms with Gasteiger partial charge in [0.2, 0.25) is 0 Å². The molecule has 0 bridgehead atoms. The number of fused-ring (bicyclic) bond motifs is 1. The van der Waals surface area contributed by atoms with Crippen molar-refractivity contribution in [3.63, 3.8) is 0 Å². The van der Waals surface area contributed by atoms with Gasteiger partial charge in [-0.1, -0.05) is 18.1 Å². The molecule has 2 rings (SSSR count). The van der Waals surface area contributed by atoms with Gasteiger partial charge < -0.3 is 10.2 Å². The van der Waals surface area contributed by atoms with E-state index in [1.54, 1.807) is 23.3 Å². The largest absolute Gasteiger partial charge is 0.327 e. The minimum Gasteiger partial charge on any atom is -0.327 e. The number of carbonyl (C=O) groups excluding carboxylic acids is 1. The number of urea groups is 1. The second-order valence-corrected chi connectivity index (χ2v) is 5.23. The predicted octanol–water partition coefficient (Wildman–Crippen LogP) is 2.63. The molecule has 1 unspecified atom stereocenters. The molecule has 0 saturated carbocycles. The van der Waals surface area contributed by atoms with Crippen LogP contribution in [0.15, 0.2) is 24.3 Å². The molecule has 0 spiro atoms. The molecule has 1 atom stereocenters. The van der Waals surface area contributed by atoms with Crippen LogP contribution < -0.4 is 5.32 Å². The summed E-state index contributed by atoms with van der Waals surface area (Å²) >= 11 is 1.60. The van der Waals surface area contributed by atoms with Crippen LogP contribution in [0.5, 0.6) is 0 Å². The zero-order valence-electron chi connectivity index (χ0n) is 10.9. The number of nitrogens with zero attached hydrogens (tertiary/aromatic N) is 2. The fourth-order valence-corrected chi connectivity index (χ4v) is 2.72. The lowest BCUT2D eigenvalue weighted by molar-refractivity contribution is 0.195. The van der Waals surface area contributed by atoms with E-state index in [-0.39, 0.29) is 18.6 Å². The van der Waals surface area contributed by atoms with E-state index in [2.05, 4.69) is 16.2 Å². The van der Waals surface area contributed by atoms with Crippen LogP contribution >= 0.6 is 11.3 Å². The Morgan fingerprint density at radius 2 is 2.32 bits per heavy atom. The number of hydrogen-bond donors (Lipinski definition) is 1. The number of thiazole rings is 1. The topological polar surface area (TPSA) is 45.2 Å². The van der Waals surface area contributed by atoms with E-state index in [1.165, 1.54) is 0 Å². The van der Waals surface area contributed by atoms with Gasteiger partial charge in [0.1, 0.15) is 5.01 Å². The van der Waals surface area contributed by atoms with E-state index >= 15 is 0 Å². The Hall–Kier alpha value is -2.06. The zero-order chi connectivity index (χ0) is 13.8. The normalized spacial score (nSPS) is 11.8. The van der Waals surface area contributed by atoms with Crippen molar-refractivity contribution in [3.05, 3.63) is 29.3 Å². The molecule has 0 aliphatic carbocycles. The van der Waals surface area contributed by atoms with Crippen molar-refractivity contribution < 1.29 is 4.79 Å². The first kappa shape index (κ1) is 13.4. The first-order valence-corrected chi connectivity index (χ1v) is 6.74. The molecular formula is C14H15N3OS. The molecule has 0 saturated heterocycles. The maximum Gasteiger partial charge on any atom is 0.318 e. The maximum absolute atomic E-state index is 11.8. The maximum atomic E-state index is 11.8. The smallest absolute Gasteiger partial charge is 0.318 e. The SMILES string of the molecule is C#CCNC(=O)N(C)C(C)c1nc2ccccc2s1. The highest BCUT2D eigenvalue weighted by Gasteiger charge is 2.20. The summed E-state index contributed by atoms with van der Waals surface area (Å²) in [6.45, 7) is 2.18. The van der Waals surface area contributed by atoms with Gasteiger partial charge in [0.15, 0.2) is 0 Å². The highest BCUT2D eigenvalue weighted by atomic mass is 32.1. The van der Waals surface area contributed by atoms with Gasteiger partial charge in [-0.3, -0.25) is 0 Å². The van der Waals surface area contributed by atoms with E-state index in [0.717, 1.165) is 15.2 Å². The van der Waals surface area contributed by atoms with Crippen molar-refractivity contribution in [3.8, 4) is 12.3 Å². The van der Waals surface area contributed by atoms with Crippen LogP contribution in [-0.2, 0) is 0 Å². The van der Waals surface area contributed by atoms with Gasteiger partial charge in [0.05, 0.1) is 22.8 Å². The van der Waals surface area contributed by atoms with Crippen molar-refractivity contribution in [1.82, 2.24) is 15.2 Å². The Bertz CT molecular complexity index is 596. The van der Waals surface area contributed by atoms with E-state index in [9.17, 15) is 4.79 Å². The molecule has 2 aromatic rings. The summed E-state index contributed by atoms with van der Waals surface area (Å²) in [7, 11) is 1.74. The summed E-state index contributed by atoms with van der Waals surface area (Å²) in [4.78, 5) is 18.0. The second-order valence-electron chi connectivity index (χ2n) is 4.17. The Labute approximate surface area is 116 Å². The highest BCUT2D eigenvalue weighted by Crippen LogP contribution is 2.28. The summed E-state index contributed by atoms with van der Waals surface area (Å²) in [5, 5.41) is 3.56. The highest BCUT2D eigenvalue weighted by molar-refractivity contribution is 7.18. The third kappa shape index (κ3) is 2.85. The van der Waals surface area contributed by atoms with Crippen LogP contribution in [0.4, 0.5) is 4.79 Å². The predicted molar refractivity (Wildman–Crippen MR) is 78.0 cm³/mol. The van der Waals surface area contributed by atoms with Crippen molar-refractivity contribution in [2.75, 3.05) is 13.6 Å². The van der Waals surface area contributed by atoms with E-state index < -0.39 is 0 Å². The lowest BCUT2D eigenvalue weighted by Crippen LogP contribution is -2.38. The molecule has 0 aliphatic heterocycles. The number of aromatic nitrogens is 1. The molecule has 1 N–H and O–H groups in total. The van der Waals surface area contributed by atoms with Crippen molar-refractivity contribution in [1.29, 1.82) is 0 Å². The lowest BCUT2D eigenvalue weighted by Gasteiger charge is -2.22. The van der Waals surface area contributed by atoms with Gasteiger partial charge in [0.25, 0.3) is 0 Å². The van der Waals surface area contributed by atoms with Gasteiger partial charge >= 0.3 is 6.03 Å². The fraction of sp³-hybridized carbons (Fsp3) is 0.286.